The molecule has 0 fully saturated rings. The van der Waals surface area contributed by atoms with Crippen LogP contribution >= 0.6 is 0 Å². The van der Waals surface area contributed by atoms with Gasteiger partial charge in [-0.25, -0.2) is 0 Å². The normalized spacial score (nSPS) is 10.9. The maximum atomic E-state index is 4.05. The van der Waals surface area contributed by atoms with Crippen molar-refractivity contribution < 1.29 is 0 Å². The molecule has 0 heteroatoms. The second-order valence-corrected chi connectivity index (χ2v) is 6.28. The molecule has 0 aliphatic carbocycles. The first-order chi connectivity index (χ1) is 10.5. The van der Waals surface area contributed by atoms with Crippen molar-refractivity contribution >= 4 is 10.8 Å². The van der Waals surface area contributed by atoms with E-state index in [0.29, 0.717) is 0 Å². The first kappa shape index (κ1) is 14.6. The lowest BCUT2D eigenvalue weighted by Crippen LogP contribution is -1.96. The Morgan fingerprint density at radius 3 is 2.09 bits per heavy atom. The molecule has 0 amide bonds. The van der Waals surface area contributed by atoms with Crippen LogP contribution in [0.4, 0.5) is 0 Å². The van der Waals surface area contributed by atoms with Gasteiger partial charge in [-0.15, -0.1) is 0 Å². The number of hydrogen-bond donors (Lipinski definition) is 0. The van der Waals surface area contributed by atoms with Crippen LogP contribution in [0.1, 0.15) is 23.6 Å². The van der Waals surface area contributed by atoms with E-state index in [2.05, 4.69) is 81.9 Å². The van der Waals surface area contributed by atoms with Crippen molar-refractivity contribution in [2.24, 2.45) is 0 Å². The van der Waals surface area contributed by atoms with Gasteiger partial charge in [0.15, 0.2) is 0 Å². The molecule has 0 aliphatic rings. The van der Waals surface area contributed by atoms with Gasteiger partial charge in [0.25, 0.3) is 0 Å². The van der Waals surface area contributed by atoms with Crippen LogP contribution in [0.5, 0.6) is 0 Å². The maximum absolute atomic E-state index is 4.05. The van der Waals surface area contributed by atoms with E-state index in [-0.39, 0.29) is 0 Å². The quantitative estimate of drug-likeness (QED) is 0.500. The predicted molar refractivity (Wildman–Crippen MR) is 97.4 cm³/mol. The minimum absolute atomic E-state index is 0.968. The monoisotopic (exact) mass is 286 g/mol. The van der Waals surface area contributed by atoms with Crippen molar-refractivity contribution in [1.29, 1.82) is 0 Å². The fourth-order valence-electron chi connectivity index (χ4n) is 3.11. The SMILES string of the molecule is C=C(C)Cc1c(C)cc(-c2ccc3ccccc3c2)cc1C. The molecule has 110 valence electrons. The highest BCUT2D eigenvalue weighted by Gasteiger charge is 2.07. The Hall–Kier alpha value is -2.34. The van der Waals surface area contributed by atoms with E-state index in [0.717, 1.165) is 6.42 Å². The largest absolute Gasteiger partial charge is 0.0998 e. The van der Waals surface area contributed by atoms with Gasteiger partial charge in [-0.2, -0.15) is 0 Å². The molecule has 3 aromatic rings. The van der Waals surface area contributed by atoms with E-state index in [1.165, 1.54) is 44.2 Å². The van der Waals surface area contributed by atoms with Crippen molar-refractivity contribution in [1.82, 2.24) is 0 Å². The minimum Gasteiger partial charge on any atom is -0.0998 e. The summed E-state index contributed by atoms with van der Waals surface area (Å²) in [6.45, 7) is 10.5. The molecule has 0 nitrogen and oxygen atoms in total. The average molecular weight is 286 g/mol. The van der Waals surface area contributed by atoms with E-state index >= 15 is 0 Å². The summed E-state index contributed by atoms with van der Waals surface area (Å²) in [6, 6.07) is 19.8. The van der Waals surface area contributed by atoms with Crippen molar-refractivity contribution in [2.75, 3.05) is 0 Å². The summed E-state index contributed by atoms with van der Waals surface area (Å²) in [5.74, 6) is 0. The zero-order chi connectivity index (χ0) is 15.7. The summed E-state index contributed by atoms with van der Waals surface area (Å²) in [5.41, 5.74) is 7.91. The predicted octanol–water partition coefficient (Wildman–Crippen LogP) is 6.24. The molecule has 0 aromatic heterocycles. The fraction of sp³-hybridized carbons (Fsp3) is 0.182. The van der Waals surface area contributed by atoms with Gasteiger partial charge in [-0.3, -0.25) is 0 Å². The minimum atomic E-state index is 0.968. The van der Waals surface area contributed by atoms with Crippen LogP contribution in [0.2, 0.25) is 0 Å². The smallest absolute Gasteiger partial charge is 0.00673 e. The standard InChI is InChI=1S/C22H22/c1-15(2)11-22-16(3)12-21(13-17(22)4)20-10-9-18-7-5-6-8-19(18)14-20/h5-10,12-14H,1,11H2,2-4H3. The topological polar surface area (TPSA) is 0 Å². The van der Waals surface area contributed by atoms with Gasteiger partial charge in [-0.05, 0) is 71.8 Å². The lowest BCUT2D eigenvalue weighted by molar-refractivity contribution is 1.10. The van der Waals surface area contributed by atoms with E-state index < -0.39 is 0 Å². The highest BCUT2D eigenvalue weighted by molar-refractivity contribution is 5.87. The number of hydrogen-bond acceptors (Lipinski definition) is 0. The van der Waals surface area contributed by atoms with Gasteiger partial charge in [0.1, 0.15) is 0 Å². The Balaban J connectivity index is 2.08. The molecule has 3 rings (SSSR count). The van der Waals surface area contributed by atoms with Crippen LogP contribution < -0.4 is 0 Å². The van der Waals surface area contributed by atoms with Gasteiger partial charge in [0.05, 0.1) is 0 Å². The molecule has 0 N–H and O–H groups in total. The van der Waals surface area contributed by atoms with Crippen LogP contribution in [0, 0.1) is 13.8 Å². The van der Waals surface area contributed by atoms with Crippen LogP contribution in [0.15, 0.2) is 66.7 Å². The average Bonchev–Trinajstić information content (AvgIpc) is 2.50. The van der Waals surface area contributed by atoms with Gasteiger partial charge >= 0.3 is 0 Å². The molecule has 0 spiro atoms. The fourth-order valence-corrected chi connectivity index (χ4v) is 3.11. The van der Waals surface area contributed by atoms with E-state index in [1.54, 1.807) is 0 Å². The van der Waals surface area contributed by atoms with Gasteiger partial charge in [-0.1, -0.05) is 60.7 Å². The van der Waals surface area contributed by atoms with Crippen molar-refractivity contribution in [3.63, 3.8) is 0 Å². The molecular weight excluding hydrogens is 264 g/mol. The summed E-state index contributed by atoms with van der Waals surface area (Å²) in [5, 5.41) is 2.58. The summed E-state index contributed by atoms with van der Waals surface area (Å²) >= 11 is 0. The molecule has 0 atom stereocenters. The Bertz CT molecular complexity index is 830. The highest BCUT2D eigenvalue weighted by Crippen LogP contribution is 2.29. The zero-order valence-corrected chi connectivity index (χ0v) is 13.6. The zero-order valence-electron chi connectivity index (χ0n) is 13.6. The third kappa shape index (κ3) is 2.82. The Morgan fingerprint density at radius 1 is 0.818 bits per heavy atom. The summed E-state index contributed by atoms with van der Waals surface area (Å²) in [6.07, 6.45) is 0.968. The van der Waals surface area contributed by atoms with Crippen LogP contribution in [0.3, 0.4) is 0 Å². The molecule has 0 unspecified atom stereocenters. The molecule has 0 saturated carbocycles. The van der Waals surface area contributed by atoms with Gasteiger partial charge in [0, 0.05) is 0 Å². The molecule has 0 saturated heterocycles. The molecule has 0 aliphatic heterocycles. The van der Waals surface area contributed by atoms with Crippen molar-refractivity contribution in [3.05, 3.63) is 83.4 Å². The third-order valence-corrected chi connectivity index (χ3v) is 4.26. The highest BCUT2D eigenvalue weighted by atomic mass is 14.1. The Kier molecular flexibility index (Phi) is 3.85. The van der Waals surface area contributed by atoms with Crippen LogP contribution in [-0.2, 0) is 6.42 Å². The molecule has 0 bridgehead atoms. The van der Waals surface area contributed by atoms with E-state index in [1.807, 2.05) is 0 Å². The number of fused-ring (bicyclic) bond motifs is 1. The van der Waals surface area contributed by atoms with Gasteiger partial charge < -0.3 is 0 Å². The number of rotatable bonds is 3. The molecular formula is C22H22. The van der Waals surface area contributed by atoms with Crippen LogP contribution in [-0.4, -0.2) is 0 Å². The second kappa shape index (κ2) is 5.81. The molecule has 0 heterocycles. The van der Waals surface area contributed by atoms with Crippen LogP contribution in [0.25, 0.3) is 21.9 Å². The summed E-state index contributed by atoms with van der Waals surface area (Å²) < 4.78 is 0. The third-order valence-electron chi connectivity index (χ3n) is 4.26. The summed E-state index contributed by atoms with van der Waals surface area (Å²) in [4.78, 5) is 0. The van der Waals surface area contributed by atoms with E-state index in [9.17, 15) is 0 Å². The lowest BCUT2D eigenvalue weighted by Gasteiger charge is -2.13. The molecule has 3 aromatic carbocycles. The molecule has 0 radical (unpaired) electrons. The Morgan fingerprint density at radius 2 is 1.45 bits per heavy atom. The number of benzene rings is 3. The Labute approximate surface area is 133 Å². The number of allylic oxidation sites excluding steroid dienone is 1. The number of aryl methyl sites for hydroxylation is 2. The van der Waals surface area contributed by atoms with Crippen molar-refractivity contribution in [2.45, 2.75) is 27.2 Å². The molecule has 22 heavy (non-hydrogen) atoms. The van der Waals surface area contributed by atoms with Gasteiger partial charge in [0.2, 0.25) is 0 Å². The second-order valence-electron chi connectivity index (χ2n) is 6.28. The first-order valence-electron chi connectivity index (χ1n) is 7.78. The van der Waals surface area contributed by atoms with E-state index in [4.69, 9.17) is 0 Å². The van der Waals surface area contributed by atoms with Crippen molar-refractivity contribution in [3.8, 4) is 11.1 Å². The lowest BCUT2D eigenvalue weighted by atomic mass is 9.92. The summed E-state index contributed by atoms with van der Waals surface area (Å²) in [7, 11) is 0. The maximum Gasteiger partial charge on any atom is -0.00673 e. The first-order valence-corrected chi connectivity index (χ1v) is 7.78.